The average molecular weight is 266 g/mol. The van der Waals surface area contributed by atoms with Gasteiger partial charge in [0.1, 0.15) is 5.01 Å². The molecule has 92 valence electrons. The lowest BCUT2D eigenvalue weighted by Gasteiger charge is -2.21. The van der Waals surface area contributed by atoms with E-state index in [1.54, 1.807) is 11.3 Å². The summed E-state index contributed by atoms with van der Waals surface area (Å²) < 4.78 is 1.56. The van der Waals surface area contributed by atoms with Crippen molar-refractivity contribution in [3.63, 3.8) is 0 Å². The Hall–Kier alpha value is -0.580. The van der Waals surface area contributed by atoms with Crippen molar-refractivity contribution >= 4 is 33.3 Å². The van der Waals surface area contributed by atoms with Crippen LogP contribution in [0.15, 0.2) is 24.3 Å². The van der Waals surface area contributed by atoms with E-state index in [2.05, 4.69) is 48.6 Å². The SMILES string of the molecule is CSC(C)(C)CNCc1nc2ccccc2s1. The number of thiazole rings is 1. The van der Waals surface area contributed by atoms with Crippen LogP contribution in [-0.4, -0.2) is 22.5 Å². The number of benzene rings is 1. The second-order valence-electron chi connectivity index (χ2n) is 4.64. The smallest absolute Gasteiger partial charge is 0.108 e. The molecule has 0 radical (unpaired) electrons. The second-order valence-corrected chi connectivity index (χ2v) is 7.27. The van der Waals surface area contributed by atoms with Crippen LogP contribution in [0.3, 0.4) is 0 Å². The number of hydrogen-bond acceptors (Lipinski definition) is 4. The predicted octanol–water partition coefficient (Wildman–Crippen LogP) is 3.53. The van der Waals surface area contributed by atoms with Gasteiger partial charge in [0.25, 0.3) is 0 Å². The minimum Gasteiger partial charge on any atom is -0.309 e. The molecule has 17 heavy (non-hydrogen) atoms. The first-order chi connectivity index (χ1) is 8.11. The molecule has 0 amide bonds. The van der Waals surface area contributed by atoms with Crippen LogP contribution in [-0.2, 0) is 6.54 Å². The summed E-state index contributed by atoms with van der Waals surface area (Å²) in [5.74, 6) is 0. The van der Waals surface area contributed by atoms with E-state index in [0.717, 1.165) is 18.6 Å². The number of hydrogen-bond donors (Lipinski definition) is 1. The van der Waals surface area contributed by atoms with E-state index >= 15 is 0 Å². The molecule has 0 fully saturated rings. The Morgan fingerprint density at radius 3 is 2.82 bits per heavy atom. The van der Waals surface area contributed by atoms with E-state index in [0.29, 0.717) is 0 Å². The average Bonchev–Trinajstić information content (AvgIpc) is 2.71. The lowest BCUT2D eigenvalue weighted by atomic mass is 10.2. The van der Waals surface area contributed by atoms with E-state index in [-0.39, 0.29) is 4.75 Å². The summed E-state index contributed by atoms with van der Waals surface area (Å²) in [5, 5.41) is 4.65. The highest BCUT2D eigenvalue weighted by Crippen LogP contribution is 2.22. The number of aromatic nitrogens is 1. The monoisotopic (exact) mass is 266 g/mol. The number of rotatable bonds is 5. The molecule has 1 N–H and O–H groups in total. The molecule has 0 spiro atoms. The van der Waals surface area contributed by atoms with Crippen LogP contribution in [0, 0.1) is 0 Å². The highest BCUT2D eigenvalue weighted by Gasteiger charge is 2.15. The van der Waals surface area contributed by atoms with Gasteiger partial charge < -0.3 is 5.32 Å². The summed E-state index contributed by atoms with van der Waals surface area (Å²) in [6.45, 7) is 6.37. The molecule has 2 aromatic rings. The fourth-order valence-corrected chi connectivity index (χ4v) is 2.72. The predicted molar refractivity (Wildman–Crippen MR) is 78.9 cm³/mol. The molecule has 4 heteroatoms. The summed E-state index contributed by atoms with van der Waals surface area (Å²) in [5.41, 5.74) is 1.11. The second kappa shape index (κ2) is 5.38. The molecule has 0 atom stereocenters. The largest absolute Gasteiger partial charge is 0.309 e. The molecule has 0 saturated heterocycles. The van der Waals surface area contributed by atoms with Crippen molar-refractivity contribution in [1.29, 1.82) is 0 Å². The Kier molecular flexibility index (Phi) is 4.07. The van der Waals surface area contributed by atoms with Gasteiger partial charge in [-0.15, -0.1) is 11.3 Å². The zero-order chi connectivity index (χ0) is 12.3. The Morgan fingerprint density at radius 2 is 2.12 bits per heavy atom. The molecular weight excluding hydrogens is 248 g/mol. The molecule has 1 aromatic carbocycles. The molecule has 2 nitrogen and oxygen atoms in total. The van der Waals surface area contributed by atoms with Gasteiger partial charge >= 0.3 is 0 Å². The third-order valence-electron chi connectivity index (χ3n) is 2.72. The summed E-state index contributed by atoms with van der Waals surface area (Å²) in [6.07, 6.45) is 2.15. The topological polar surface area (TPSA) is 24.9 Å². The van der Waals surface area contributed by atoms with Gasteiger partial charge in [-0.3, -0.25) is 0 Å². The van der Waals surface area contributed by atoms with Gasteiger partial charge in [-0.1, -0.05) is 12.1 Å². The molecule has 1 heterocycles. The fraction of sp³-hybridized carbons (Fsp3) is 0.462. The number of nitrogens with one attached hydrogen (secondary N) is 1. The summed E-state index contributed by atoms with van der Waals surface area (Å²) in [7, 11) is 0. The van der Waals surface area contributed by atoms with Gasteiger partial charge in [0.05, 0.1) is 10.2 Å². The third kappa shape index (κ3) is 3.44. The van der Waals surface area contributed by atoms with E-state index in [4.69, 9.17) is 0 Å². The molecule has 0 saturated carbocycles. The van der Waals surface area contributed by atoms with Crippen molar-refractivity contribution in [2.24, 2.45) is 0 Å². The van der Waals surface area contributed by atoms with Gasteiger partial charge in [0.2, 0.25) is 0 Å². The van der Waals surface area contributed by atoms with Crippen molar-refractivity contribution in [3.8, 4) is 0 Å². The van der Waals surface area contributed by atoms with Crippen LogP contribution in [0.25, 0.3) is 10.2 Å². The van der Waals surface area contributed by atoms with Crippen LogP contribution in [0.5, 0.6) is 0 Å². The summed E-state index contributed by atoms with van der Waals surface area (Å²) >= 11 is 3.66. The van der Waals surface area contributed by atoms with Gasteiger partial charge in [-0.25, -0.2) is 4.98 Å². The van der Waals surface area contributed by atoms with Gasteiger partial charge in [0, 0.05) is 17.8 Å². The molecule has 0 aliphatic heterocycles. The first kappa shape index (κ1) is 12.9. The Balaban J connectivity index is 1.95. The number of para-hydroxylation sites is 1. The normalized spacial score (nSPS) is 12.2. The summed E-state index contributed by atoms with van der Waals surface area (Å²) in [6, 6.07) is 8.30. The van der Waals surface area contributed by atoms with Gasteiger partial charge in [-0.05, 0) is 32.2 Å². The van der Waals surface area contributed by atoms with Crippen LogP contribution < -0.4 is 5.32 Å². The quantitative estimate of drug-likeness (QED) is 0.896. The van der Waals surface area contributed by atoms with Crippen molar-refractivity contribution in [3.05, 3.63) is 29.3 Å². The van der Waals surface area contributed by atoms with E-state index < -0.39 is 0 Å². The minimum absolute atomic E-state index is 0.288. The fourth-order valence-electron chi connectivity index (χ4n) is 1.54. The maximum Gasteiger partial charge on any atom is 0.108 e. The summed E-state index contributed by atoms with van der Waals surface area (Å²) in [4.78, 5) is 4.61. The zero-order valence-electron chi connectivity index (χ0n) is 10.5. The Labute approximate surface area is 111 Å². The van der Waals surface area contributed by atoms with E-state index in [1.807, 2.05) is 17.8 Å². The highest BCUT2D eigenvalue weighted by atomic mass is 32.2. The molecule has 0 aliphatic carbocycles. The van der Waals surface area contributed by atoms with Crippen molar-refractivity contribution in [2.45, 2.75) is 25.1 Å². The lowest BCUT2D eigenvalue weighted by Crippen LogP contribution is -2.31. The van der Waals surface area contributed by atoms with Crippen LogP contribution >= 0.6 is 23.1 Å². The van der Waals surface area contributed by atoms with Crippen LogP contribution in [0.2, 0.25) is 0 Å². The molecule has 1 aromatic heterocycles. The van der Waals surface area contributed by atoms with Crippen molar-refractivity contribution in [2.75, 3.05) is 12.8 Å². The zero-order valence-corrected chi connectivity index (χ0v) is 12.1. The molecular formula is C13H18N2S2. The maximum atomic E-state index is 4.61. The number of thioether (sulfide) groups is 1. The molecule has 0 bridgehead atoms. The van der Waals surface area contributed by atoms with Crippen LogP contribution in [0.1, 0.15) is 18.9 Å². The van der Waals surface area contributed by atoms with Crippen molar-refractivity contribution in [1.82, 2.24) is 10.3 Å². The minimum atomic E-state index is 0.288. The number of nitrogens with zero attached hydrogens (tertiary/aromatic N) is 1. The number of fused-ring (bicyclic) bond motifs is 1. The van der Waals surface area contributed by atoms with E-state index in [9.17, 15) is 0 Å². The standard InChI is InChI=1S/C13H18N2S2/c1-13(2,16-3)9-14-8-12-15-10-6-4-5-7-11(10)17-12/h4-7,14H,8-9H2,1-3H3. The van der Waals surface area contributed by atoms with E-state index in [1.165, 1.54) is 9.71 Å². The first-order valence-electron chi connectivity index (χ1n) is 5.71. The molecule has 2 rings (SSSR count). The maximum absolute atomic E-state index is 4.61. The van der Waals surface area contributed by atoms with Gasteiger partial charge in [0.15, 0.2) is 0 Å². The highest BCUT2D eigenvalue weighted by molar-refractivity contribution is 7.99. The van der Waals surface area contributed by atoms with Crippen LogP contribution in [0.4, 0.5) is 0 Å². The molecule has 0 aliphatic rings. The third-order valence-corrected chi connectivity index (χ3v) is 5.00. The lowest BCUT2D eigenvalue weighted by molar-refractivity contribution is 0.590. The first-order valence-corrected chi connectivity index (χ1v) is 7.75. The molecule has 0 unspecified atom stereocenters. The van der Waals surface area contributed by atoms with Crippen molar-refractivity contribution < 1.29 is 0 Å². The van der Waals surface area contributed by atoms with Gasteiger partial charge in [-0.2, -0.15) is 11.8 Å². The Morgan fingerprint density at radius 1 is 1.35 bits per heavy atom. The Bertz CT molecular complexity index is 458.